The van der Waals surface area contributed by atoms with Crippen molar-refractivity contribution in [3.05, 3.63) is 28.5 Å². The van der Waals surface area contributed by atoms with Crippen LogP contribution in [0.4, 0.5) is 10.1 Å². The first-order valence-electron chi connectivity index (χ1n) is 6.60. The fourth-order valence-corrected chi connectivity index (χ4v) is 4.59. The molecule has 5 heteroatoms. The number of rotatable bonds is 2. The van der Waals surface area contributed by atoms with Crippen molar-refractivity contribution in [1.82, 2.24) is 0 Å². The lowest BCUT2D eigenvalue weighted by molar-refractivity contribution is -0.0628. The SMILES string of the molecule is Fc1ccc(NC2CCOC3(CCSC3)C2)cc1Br. The zero-order chi connectivity index (χ0) is 13.3. The van der Waals surface area contributed by atoms with Crippen molar-refractivity contribution in [1.29, 1.82) is 0 Å². The highest BCUT2D eigenvalue weighted by Gasteiger charge is 2.40. The standard InChI is InChI=1S/C14H17BrFNOS/c15-12-7-10(1-2-13(12)16)17-11-3-5-18-14(8-11)4-6-19-9-14/h1-2,7,11,17H,3-6,8-9H2. The van der Waals surface area contributed by atoms with E-state index in [4.69, 9.17) is 4.74 Å². The fraction of sp³-hybridized carbons (Fsp3) is 0.571. The van der Waals surface area contributed by atoms with E-state index in [9.17, 15) is 4.39 Å². The van der Waals surface area contributed by atoms with Crippen LogP contribution in [0, 0.1) is 5.82 Å². The van der Waals surface area contributed by atoms with E-state index in [-0.39, 0.29) is 11.4 Å². The maximum atomic E-state index is 13.2. The molecular weight excluding hydrogens is 329 g/mol. The van der Waals surface area contributed by atoms with Gasteiger partial charge in [0.2, 0.25) is 0 Å². The minimum absolute atomic E-state index is 0.0812. The predicted octanol–water partition coefficient (Wildman–Crippen LogP) is 4.05. The van der Waals surface area contributed by atoms with Gasteiger partial charge in [-0.05, 0) is 59.1 Å². The Morgan fingerprint density at radius 2 is 2.37 bits per heavy atom. The Morgan fingerprint density at radius 1 is 1.47 bits per heavy atom. The first-order chi connectivity index (χ1) is 9.17. The molecule has 2 heterocycles. The summed E-state index contributed by atoms with van der Waals surface area (Å²) >= 11 is 5.21. The summed E-state index contributed by atoms with van der Waals surface area (Å²) in [6, 6.07) is 5.52. The average Bonchev–Trinajstić information content (AvgIpc) is 2.82. The molecule has 0 amide bonds. The molecule has 2 fully saturated rings. The van der Waals surface area contributed by atoms with Crippen molar-refractivity contribution in [3.63, 3.8) is 0 Å². The summed E-state index contributed by atoms with van der Waals surface area (Å²) in [4.78, 5) is 0. The van der Waals surface area contributed by atoms with Gasteiger partial charge < -0.3 is 10.1 Å². The summed E-state index contributed by atoms with van der Waals surface area (Å²) in [6.45, 7) is 0.820. The summed E-state index contributed by atoms with van der Waals surface area (Å²) < 4.78 is 19.7. The molecule has 19 heavy (non-hydrogen) atoms. The average molecular weight is 346 g/mol. The number of anilines is 1. The van der Waals surface area contributed by atoms with Gasteiger partial charge in [-0.3, -0.25) is 0 Å². The highest BCUT2D eigenvalue weighted by molar-refractivity contribution is 9.10. The molecule has 2 aliphatic rings. The van der Waals surface area contributed by atoms with E-state index in [1.54, 1.807) is 12.1 Å². The molecule has 1 spiro atoms. The van der Waals surface area contributed by atoms with Crippen molar-refractivity contribution in [2.45, 2.75) is 30.9 Å². The molecule has 2 atom stereocenters. The van der Waals surface area contributed by atoms with Crippen molar-refractivity contribution in [3.8, 4) is 0 Å². The number of halogens is 2. The third kappa shape index (κ3) is 3.09. The minimum Gasteiger partial charge on any atom is -0.382 e. The van der Waals surface area contributed by atoms with Crippen molar-refractivity contribution < 1.29 is 9.13 Å². The Bertz CT molecular complexity index is 465. The van der Waals surface area contributed by atoms with Gasteiger partial charge in [-0.25, -0.2) is 4.39 Å². The third-order valence-electron chi connectivity index (χ3n) is 3.85. The van der Waals surface area contributed by atoms with E-state index < -0.39 is 0 Å². The van der Waals surface area contributed by atoms with Crippen LogP contribution in [0.2, 0.25) is 0 Å². The second kappa shape index (κ2) is 5.62. The van der Waals surface area contributed by atoms with Crippen molar-refractivity contribution in [2.24, 2.45) is 0 Å². The Morgan fingerprint density at radius 3 is 3.11 bits per heavy atom. The largest absolute Gasteiger partial charge is 0.382 e. The van der Waals surface area contributed by atoms with Gasteiger partial charge in [0, 0.05) is 24.1 Å². The minimum atomic E-state index is -0.221. The van der Waals surface area contributed by atoms with Crippen LogP contribution in [0.25, 0.3) is 0 Å². The van der Waals surface area contributed by atoms with Crippen LogP contribution in [0.3, 0.4) is 0 Å². The summed E-state index contributed by atoms with van der Waals surface area (Å²) in [5.41, 5.74) is 1.05. The predicted molar refractivity (Wildman–Crippen MR) is 81.4 cm³/mol. The first-order valence-corrected chi connectivity index (χ1v) is 8.55. The van der Waals surface area contributed by atoms with Gasteiger partial charge in [-0.2, -0.15) is 11.8 Å². The van der Waals surface area contributed by atoms with Crippen LogP contribution < -0.4 is 5.32 Å². The van der Waals surface area contributed by atoms with Gasteiger partial charge in [0.25, 0.3) is 0 Å². The summed E-state index contributed by atoms with van der Waals surface area (Å²) in [7, 11) is 0. The highest BCUT2D eigenvalue weighted by Crippen LogP contribution is 2.39. The van der Waals surface area contributed by atoms with Gasteiger partial charge in [0.15, 0.2) is 0 Å². The lowest BCUT2D eigenvalue weighted by Gasteiger charge is -2.38. The Hall–Kier alpha value is -0.260. The Balaban J connectivity index is 1.67. The van der Waals surface area contributed by atoms with E-state index >= 15 is 0 Å². The maximum absolute atomic E-state index is 13.2. The third-order valence-corrected chi connectivity index (χ3v) is 5.68. The Kier molecular flexibility index (Phi) is 4.06. The normalized spacial score (nSPS) is 30.7. The summed E-state index contributed by atoms with van der Waals surface area (Å²) in [5, 5.41) is 3.51. The molecule has 0 bridgehead atoms. The van der Waals surface area contributed by atoms with Gasteiger partial charge in [0.05, 0.1) is 10.1 Å². The molecule has 3 rings (SSSR count). The van der Waals surface area contributed by atoms with Crippen LogP contribution in [-0.2, 0) is 4.74 Å². The van der Waals surface area contributed by atoms with E-state index in [1.165, 1.54) is 11.8 Å². The highest BCUT2D eigenvalue weighted by atomic mass is 79.9. The maximum Gasteiger partial charge on any atom is 0.137 e. The van der Waals surface area contributed by atoms with Gasteiger partial charge in [0.1, 0.15) is 5.82 Å². The van der Waals surface area contributed by atoms with E-state index in [1.807, 2.05) is 11.8 Å². The number of ether oxygens (including phenoxy) is 1. The number of benzene rings is 1. The molecule has 0 radical (unpaired) electrons. The van der Waals surface area contributed by atoms with Crippen molar-refractivity contribution >= 4 is 33.4 Å². The number of hydrogen-bond donors (Lipinski definition) is 1. The molecular formula is C14H17BrFNOS. The number of nitrogens with one attached hydrogen (secondary N) is 1. The molecule has 104 valence electrons. The molecule has 1 aromatic rings. The van der Waals surface area contributed by atoms with E-state index in [0.717, 1.165) is 37.3 Å². The quantitative estimate of drug-likeness (QED) is 0.873. The van der Waals surface area contributed by atoms with Crippen LogP contribution in [0.1, 0.15) is 19.3 Å². The van der Waals surface area contributed by atoms with Gasteiger partial charge in [-0.15, -0.1) is 0 Å². The summed E-state index contributed by atoms with van der Waals surface area (Å²) in [6.07, 6.45) is 3.22. The molecule has 1 N–H and O–H groups in total. The van der Waals surface area contributed by atoms with E-state index in [0.29, 0.717) is 10.5 Å². The lowest BCUT2D eigenvalue weighted by atomic mass is 9.90. The molecule has 0 saturated carbocycles. The molecule has 1 aromatic carbocycles. The van der Waals surface area contributed by atoms with Crippen LogP contribution in [0.15, 0.2) is 22.7 Å². The van der Waals surface area contributed by atoms with Gasteiger partial charge in [-0.1, -0.05) is 0 Å². The van der Waals surface area contributed by atoms with E-state index in [2.05, 4.69) is 21.2 Å². The summed E-state index contributed by atoms with van der Waals surface area (Å²) in [5.74, 6) is 2.09. The topological polar surface area (TPSA) is 21.3 Å². The first kappa shape index (κ1) is 13.7. The molecule has 2 unspecified atom stereocenters. The second-order valence-corrected chi connectivity index (χ2v) is 7.26. The lowest BCUT2D eigenvalue weighted by Crippen LogP contribution is -2.44. The van der Waals surface area contributed by atoms with Crippen LogP contribution in [0.5, 0.6) is 0 Å². The second-order valence-electron chi connectivity index (χ2n) is 5.30. The molecule has 0 aromatic heterocycles. The smallest absolute Gasteiger partial charge is 0.137 e. The van der Waals surface area contributed by atoms with Gasteiger partial charge >= 0.3 is 0 Å². The number of thioether (sulfide) groups is 1. The monoisotopic (exact) mass is 345 g/mol. The number of hydrogen-bond acceptors (Lipinski definition) is 3. The van der Waals surface area contributed by atoms with Crippen LogP contribution in [-0.4, -0.2) is 29.8 Å². The zero-order valence-corrected chi connectivity index (χ0v) is 13.0. The fourth-order valence-electron chi connectivity index (χ4n) is 2.84. The molecule has 2 nitrogen and oxygen atoms in total. The van der Waals surface area contributed by atoms with Crippen LogP contribution >= 0.6 is 27.7 Å². The molecule has 0 aliphatic carbocycles. The van der Waals surface area contributed by atoms with Crippen molar-refractivity contribution in [2.75, 3.05) is 23.4 Å². The molecule has 2 saturated heterocycles. The Labute approximate surface area is 125 Å². The molecule has 2 aliphatic heterocycles. The zero-order valence-electron chi connectivity index (χ0n) is 10.6.